The number of para-hydroxylation sites is 1. The van der Waals surface area contributed by atoms with Gasteiger partial charge in [0, 0.05) is 58.0 Å². The average molecular weight is 434 g/mol. The second-order valence-electron chi connectivity index (χ2n) is 8.07. The van der Waals surface area contributed by atoms with Gasteiger partial charge in [0.15, 0.2) is 0 Å². The Morgan fingerprint density at radius 1 is 1.00 bits per heavy atom. The molecule has 2 aromatic rings. The average Bonchev–Trinajstić information content (AvgIpc) is 2.77. The van der Waals surface area contributed by atoms with Crippen LogP contribution in [0.3, 0.4) is 0 Å². The summed E-state index contributed by atoms with van der Waals surface area (Å²) in [5, 5.41) is 10.8. The van der Waals surface area contributed by atoms with Gasteiger partial charge in [-0.3, -0.25) is 9.80 Å². The van der Waals surface area contributed by atoms with Crippen LogP contribution in [-0.2, 0) is 4.74 Å². The molecule has 0 aromatic heterocycles. The number of nitrogens with zero attached hydrogens (tertiary/aromatic N) is 3. The number of hydrogen-bond acceptors (Lipinski definition) is 5. The first-order valence-electron chi connectivity index (χ1n) is 10.6. The van der Waals surface area contributed by atoms with Crippen LogP contribution in [0.25, 0.3) is 0 Å². The normalized spacial score (nSPS) is 22.2. The molecule has 5 nitrogen and oxygen atoms in total. The van der Waals surface area contributed by atoms with E-state index < -0.39 is 11.9 Å². The Hall–Kier alpha value is -1.70. The summed E-state index contributed by atoms with van der Waals surface area (Å²) in [6.45, 7) is 7.16. The summed E-state index contributed by atoms with van der Waals surface area (Å²) < 4.78 is 19.3. The molecule has 1 N–H and O–H groups in total. The zero-order chi connectivity index (χ0) is 20.9. The molecule has 4 rings (SSSR count). The lowest BCUT2D eigenvalue weighted by Crippen LogP contribution is -2.51. The summed E-state index contributed by atoms with van der Waals surface area (Å²) in [6, 6.07) is 15.2. The summed E-state index contributed by atoms with van der Waals surface area (Å²) in [4.78, 5) is 6.95. The molecule has 30 heavy (non-hydrogen) atoms. The van der Waals surface area contributed by atoms with Gasteiger partial charge in [0.25, 0.3) is 0 Å². The molecule has 0 amide bonds. The van der Waals surface area contributed by atoms with Crippen molar-refractivity contribution in [3.63, 3.8) is 0 Å². The SMILES string of the molecule is OC(CN1CCN(c2ccccc2)CC1)CN1CCOC(c2ccc(F)c(Cl)c2)C1. The van der Waals surface area contributed by atoms with E-state index >= 15 is 0 Å². The highest BCUT2D eigenvalue weighted by molar-refractivity contribution is 6.30. The van der Waals surface area contributed by atoms with E-state index in [-0.39, 0.29) is 11.1 Å². The Bertz CT molecular complexity index is 817. The maximum absolute atomic E-state index is 13.4. The minimum absolute atomic E-state index is 0.114. The van der Waals surface area contributed by atoms with Crippen molar-refractivity contribution in [2.24, 2.45) is 0 Å². The number of piperazine rings is 1. The predicted octanol–water partition coefficient (Wildman–Crippen LogP) is 3.04. The molecule has 0 spiro atoms. The third-order valence-corrected chi connectivity index (χ3v) is 6.19. The molecule has 2 aromatic carbocycles. The summed E-state index contributed by atoms with van der Waals surface area (Å²) in [5.41, 5.74) is 2.13. The van der Waals surface area contributed by atoms with Gasteiger partial charge in [0.2, 0.25) is 0 Å². The molecule has 2 unspecified atom stereocenters. The van der Waals surface area contributed by atoms with E-state index in [1.54, 1.807) is 12.1 Å². The molecule has 2 aliphatic rings. The van der Waals surface area contributed by atoms with Crippen molar-refractivity contribution >= 4 is 17.3 Å². The predicted molar refractivity (Wildman–Crippen MR) is 118 cm³/mol. The molecule has 2 atom stereocenters. The highest BCUT2D eigenvalue weighted by Crippen LogP contribution is 2.26. The van der Waals surface area contributed by atoms with E-state index in [1.165, 1.54) is 11.8 Å². The third-order valence-electron chi connectivity index (χ3n) is 5.90. The van der Waals surface area contributed by atoms with Crippen LogP contribution in [0, 0.1) is 5.82 Å². The number of β-amino-alcohol motifs (C(OH)–C–C–N with tert-alkyl or cyclic N) is 1. The summed E-state index contributed by atoms with van der Waals surface area (Å²) in [6.07, 6.45) is -0.567. The van der Waals surface area contributed by atoms with E-state index in [9.17, 15) is 9.50 Å². The van der Waals surface area contributed by atoms with Crippen LogP contribution in [0.5, 0.6) is 0 Å². The van der Waals surface area contributed by atoms with Gasteiger partial charge >= 0.3 is 0 Å². The van der Waals surface area contributed by atoms with Gasteiger partial charge in [-0.1, -0.05) is 35.9 Å². The molecule has 0 aliphatic carbocycles. The van der Waals surface area contributed by atoms with E-state index in [2.05, 4.69) is 39.0 Å². The first kappa shape index (κ1) is 21.5. The molecule has 0 bridgehead atoms. The number of aliphatic hydroxyl groups excluding tert-OH is 1. The van der Waals surface area contributed by atoms with E-state index in [0.29, 0.717) is 26.2 Å². The molecule has 7 heteroatoms. The van der Waals surface area contributed by atoms with Gasteiger partial charge in [-0.25, -0.2) is 4.39 Å². The largest absolute Gasteiger partial charge is 0.390 e. The third kappa shape index (κ3) is 5.50. The van der Waals surface area contributed by atoms with Crippen molar-refractivity contribution in [3.8, 4) is 0 Å². The highest BCUT2D eigenvalue weighted by atomic mass is 35.5. The first-order chi connectivity index (χ1) is 14.6. The van der Waals surface area contributed by atoms with E-state index in [0.717, 1.165) is 38.3 Å². The minimum Gasteiger partial charge on any atom is -0.390 e. The molecule has 0 saturated carbocycles. The number of ether oxygens (including phenoxy) is 1. The van der Waals surface area contributed by atoms with Gasteiger partial charge < -0.3 is 14.7 Å². The number of rotatable bonds is 6. The quantitative estimate of drug-likeness (QED) is 0.758. The second-order valence-corrected chi connectivity index (χ2v) is 8.48. The zero-order valence-corrected chi connectivity index (χ0v) is 17.8. The number of morpholine rings is 1. The van der Waals surface area contributed by atoms with Gasteiger partial charge in [-0.15, -0.1) is 0 Å². The van der Waals surface area contributed by atoms with Crippen molar-refractivity contribution in [2.45, 2.75) is 12.2 Å². The number of aliphatic hydroxyl groups is 1. The molecule has 162 valence electrons. The smallest absolute Gasteiger partial charge is 0.141 e. The van der Waals surface area contributed by atoms with E-state index in [1.807, 2.05) is 6.07 Å². The van der Waals surface area contributed by atoms with Crippen LogP contribution in [-0.4, -0.2) is 80.0 Å². The van der Waals surface area contributed by atoms with Gasteiger partial charge in [0.05, 0.1) is 23.8 Å². The standard InChI is InChI=1S/C23H29ClFN3O2/c24-21-14-18(6-7-22(21)25)23-17-27(12-13-30-23)16-20(29)15-26-8-10-28(11-9-26)19-4-2-1-3-5-19/h1-7,14,20,23,29H,8-13,15-17H2. The van der Waals surface area contributed by atoms with Crippen molar-refractivity contribution < 1.29 is 14.2 Å². The molecule has 2 aliphatic heterocycles. The maximum Gasteiger partial charge on any atom is 0.141 e. The van der Waals surface area contributed by atoms with Crippen molar-refractivity contribution in [1.29, 1.82) is 0 Å². The molecular weight excluding hydrogens is 405 g/mol. The highest BCUT2D eigenvalue weighted by Gasteiger charge is 2.26. The van der Waals surface area contributed by atoms with E-state index in [4.69, 9.17) is 16.3 Å². The van der Waals surface area contributed by atoms with Crippen LogP contribution in [0.1, 0.15) is 11.7 Å². The van der Waals surface area contributed by atoms with Crippen molar-refractivity contribution in [3.05, 3.63) is 64.9 Å². The fourth-order valence-electron chi connectivity index (χ4n) is 4.26. The zero-order valence-electron chi connectivity index (χ0n) is 17.1. The monoisotopic (exact) mass is 433 g/mol. The second kappa shape index (κ2) is 10.1. The van der Waals surface area contributed by atoms with Crippen LogP contribution >= 0.6 is 11.6 Å². The van der Waals surface area contributed by atoms with Crippen molar-refractivity contribution in [2.75, 3.05) is 63.9 Å². The molecule has 2 saturated heterocycles. The minimum atomic E-state index is -0.420. The van der Waals surface area contributed by atoms with Crippen LogP contribution in [0.2, 0.25) is 5.02 Å². The first-order valence-corrected chi connectivity index (χ1v) is 11.0. The fourth-order valence-corrected chi connectivity index (χ4v) is 4.45. The summed E-state index contributed by atoms with van der Waals surface area (Å²) in [7, 11) is 0. The molecule has 0 radical (unpaired) electrons. The lowest BCUT2D eigenvalue weighted by Gasteiger charge is -2.38. The van der Waals surface area contributed by atoms with Gasteiger partial charge in [-0.05, 0) is 29.8 Å². The lowest BCUT2D eigenvalue weighted by molar-refractivity contribution is -0.0450. The Balaban J connectivity index is 1.24. The molecular formula is C23H29ClFN3O2. The Labute approximate surface area is 182 Å². The fraction of sp³-hybridized carbons (Fsp3) is 0.478. The molecule has 2 heterocycles. The Morgan fingerprint density at radius 3 is 2.47 bits per heavy atom. The summed E-state index contributed by atoms with van der Waals surface area (Å²) >= 11 is 5.92. The number of benzene rings is 2. The van der Waals surface area contributed by atoms with Crippen LogP contribution < -0.4 is 4.90 Å². The maximum atomic E-state index is 13.4. The van der Waals surface area contributed by atoms with Crippen LogP contribution in [0.4, 0.5) is 10.1 Å². The van der Waals surface area contributed by atoms with Crippen molar-refractivity contribution in [1.82, 2.24) is 9.80 Å². The van der Waals surface area contributed by atoms with Crippen LogP contribution in [0.15, 0.2) is 48.5 Å². The number of hydrogen-bond donors (Lipinski definition) is 1. The molecule has 2 fully saturated rings. The van der Waals surface area contributed by atoms with Gasteiger partial charge in [0.1, 0.15) is 5.82 Å². The lowest BCUT2D eigenvalue weighted by atomic mass is 10.1. The summed E-state index contributed by atoms with van der Waals surface area (Å²) in [5.74, 6) is -0.420. The number of anilines is 1. The Kier molecular flexibility index (Phi) is 7.23. The number of halogens is 2. The Morgan fingerprint density at radius 2 is 1.73 bits per heavy atom. The topological polar surface area (TPSA) is 39.2 Å². The van der Waals surface area contributed by atoms with Gasteiger partial charge in [-0.2, -0.15) is 0 Å².